The molecular weight excluding hydrogens is 226 g/mol. The Morgan fingerprint density at radius 3 is 2.38 bits per heavy atom. The summed E-state index contributed by atoms with van der Waals surface area (Å²) < 4.78 is 24.2. The molecule has 0 radical (unpaired) electrons. The van der Waals surface area contributed by atoms with Crippen LogP contribution in [0.5, 0.6) is 0 Å². The molecule has 0 aromatic heterocycles. The summed E-state index contributed by atoms with van der Waals surface area (Å²) in [5.74, 6) is 0. The molecule has 94 valence electrons. The minimum absolute atomic E-state index is 0.489. The summed E-state index contributed by atoms with van der Waals surface area (Å²) in [6.07, 6.45) is 4.35. The van der Waals surface area contributed by atoms with Crippen LogP contribution in [0.15, 0.2) is 0 Å². The van der Waals surface area contributed by atoms with Crippen LogP contribution in [0.2, 0.25) is 0 Å². The highest BCUT2D eigenvalue weighted by atomic mass is 32.2. The van der Waals surface area contributed by atoms with Crippen LogP contribution in [-0.4, -0.2) is 57.2 Å². The lowest BCUT2D eigenvalue weighted by Gasteiger charge is -2.32. The van der Waals surface area contributed by atoms with Gasteiger partial charge in [0.25, 0.3) is 0 Å². The van der Waals surface area contributed by atoms with Crippen molar-refractivity contribution >= 4 is 10.0 Å². The lowest BCUT2D eigenvalue weighted by atomic mass is 10.1. The predicted octanol–water partition coefficient (Wildman–Crippen LogP) is -0.638. The standard InChI is InChI=1S/C10H21N3O2S/c1-16(14,15)13-6-3-9(4-7-13)12-10-2-5-11-8-10/h9-12H,2-8H2,1H3. The van der Waals surface area contributed by atoms with Crippen LogP contribution in [0, 0.1) is 0 Å². The highest BCUT2D eigenvalue weighted by molar-refractivity contribution is 7.88. The van der Waals surface area contributed by atoms with E-state index in [1.807, 2.05) is 0 Å². The highest BCUT2D eigenvalue weighted by Crippen LogP contribution is 2.14. The molecule has 0 amide bonds. The third-order valence-corrected chi connectivity index (χ3v) is 4.76. The zero-order valence-electron chi connectivity index (χ0n) is 9.78. The third kappa shape index (κ3) is 3.16. The Hall–Kier alpha value is -0.170. The molecule has 0 aliphatic carbocycles. The molecular formula is C10H21N3O2S. The summed E-state index contributed by atoms with van der Waals surface area (Å²) in [5, 5.41) is 6.93. The van der Waals surface area contributed by atoms with Crippen molar-refractivity contribution in [2.45, 2.75) is 31.3 Å². The van der Waals surface area contributed by atoms with E-state index in [9.17, 15) is 8.42 Å². The Balaban J connectivity index is 1.76. The first kappa shape index (κ1) is 12.3. The molecule has 1 unspecified atom stereocenters. The van der Waals surface area contributed by atoms with Gasteiger partial charge in [0.15, 0.2) is 0 Å². The molecule has 0 bridgehead atoms. The lowest BCUT2D eigenvalue weighted by molar-refractivity contribution is 0.277. The average molecular weight is 247 g/mol. The molecule has 2 aliphatic heterocycles. The van der Waals surface area contributed by atoms with Crippen molar-refractivity contribution in [2.75, 3.05) is 32.4 Å². The van der Waals surface area contributed by atoms with Crippen molar-refractivity contribution in [3.8, 4) is 0 Å². The van der Waals surface area contributed by atoms with E-state index in [4.69, 9.17) is 0 Å². The van der Waals surface area contributed by atoms with Gasteiger partial charge < -0.3 is 10.6 Å². The van der Waals surface area contributed by atoms with E-state index < -0.39 is 10.0 Å². The molecule has 16 heavy (non-hydrogen) atoms. The Morgan fingerprint density at radius 1 is 1.19 bits per heavy atom. The van der Waals surface area contributed by atoms with Gasteiger partial charge in [-0.05, 0) is 25.8 Å². The number of hydrogen-bond donors (Lipinski definition) is 2. The van der Waals surface area contributed by atoms with Crippen molar-refractivity contribution in [3.05, 3.63) is 0 Å². The SMILES string of the molecule is CS(=O)(=O)N1CCC(NC2CCNC2)CC1. The topological polar surface area (TPSA) is 61.4 Å². The van der Waals surface area contributed by atoms with E-state index in [1.54, 1.807) is 4.31 Å². The van der Waals surface area contributed by atoms with E-state index in [-0.39, 0.29) is 0 Å². The number of rotatable bonds is 3. The first-order chi connectivity index (χ1) is 7.55. The van der Waals surface area contributed by atoms with Crippen LogP contribution in [0.1, 0.15) is 19.3 Å². The number of nitrogens with zero attached hydrogens (tertiary/aromatic N) is 1. The first-order valence-electron chi connectivity index (χ1n) is 5.97. The monoisotopic (exact) mass is 247 g/mol. The molecule has 2 fully saturated rings. The van der Waals surface area contributed by atoms with E-state index >= 15 is 0 Å². The molecule has 2 heterocycles. The zero-order valence-corrected chi connectivity index (χ0v) is 10.6. The van der Waals surface area contributed by atoms with Gasteiger partial charge in [-0.3, -0.25) is 0 Å². The molecule has 2 N–H and O–H groups in total. The van der Waals surface area contributed by atoms with Crippen molar-refractivity contribution in [1.29, 1.82) is 0 Å². The van der Waals surface area contributed by atoms with E-state index in [1.165, 1.54) is 12.7 Å². The van der Waals surface area contributed by atoms with E-state index in [2.05, 4.69) is 10.6 Å². The molecule has 0 saturated carbocycles. The largest absolute Gasteiger partial charge is 0.315 e. The van der Waals surface area contributed by atoms with Crippen molar-refractivity contribution in [3.63, 3.8) is 0 Å². The fourth-order valence-electron chi connectivity index (χ4n) is 2.48. The first-order valence-corrected chi connectivity index (χ1v) is 7.82. The third-order valence-electron chi connectivity index (χ3n) is 3.45. The summed E-state index contributed by atoms with van der Waals surface area (Å²) in [5.41, 5.74) is 0. The molecule has 0 aromatic carbocycles. The number of piperidine rings is 1. The average Bonchev–Trinajstić information content (AvgIpc) is 2.70. The summed E-state index contributed by atoms with van der Waals surface area (Å²) >= 11 is 0. The van der Waals surface area contributed by atoms with Gasteiger partial charge in [0, 0.05) is 31.7 Å². The quantitative estimate of drug-likeness (QED) is 0.696. The van der Waals surface area contributed by atoms with Gasteiger partial charge in [-0.25, -0.2) is 12.7 Å². The molecule has 2 saturated heterocycles. The highest BCUT2D eigenvalue weighted by Gasteiger charge is 2.26. The molecule has 2 rings (SSSR count). The Labute approximate surface area is 97.6 Å². The normalized spacial score (nSPS) is 29.7. The maximum absolute atomic E-state index is 11.3. The van der Waals surface area contributed by atoms with Crippen molar-refractivity contribution in [2.24, 2.45) is 0 Å². The van der Waals surface area contributed by atoms with Gasteiger partial charge in [-0.1, -0.05) is 0 Å². The summed E-state index contributed by atoms with van der Waals surface area (Å²) in [6.45, 7) is 3.47. The maximum atomic E-state index is 11.3. The van der Waals surface area contributed by atoms with Gasteiger partial charge >= 0.3 is 0 Å². The van der Waals surface area contributed by atoms with Crippen LogP contribution < -0.4 is 10.6 Å². The second kappa shape index (κ2) is 5.00. The van der Waals surface area contributed by atoms with Crippen LogP contribution >= 0.6 is 0 Å². The van der Waals surface area contributed by atoms with Crippen molar-refractivity contribution < 1.29 is 8.42 Å². The van der Waals surface area contributed by atoms with Gasteiger partial charge in [-0.2, -0.15) is 0 Å². The fourth-order valence-corrected chi connectivity index (χ4v) is 3.36. The second-order valence-corrected chi connectivity index (χ2v) is 6.78. The van der Waals surface area contributed by atoms with Crippen LogP contribution in [-0.2, 0) is 10.0 Å². The molecule has 0 aromatic rings. The Kier molecular flexibility index (Phi) is 3.84. The number of nitrogens with one attached hydrogen (secondary N) is 2. The van der Waals surface area contributed by atoms with Crippen LogP contribution in [0.3, 0.4) is 0 Å². The van der Waals surface area contributed by atoms with Crippen LogP contribution in [0.4, 0.5) is 0 Å². The molecule has 5 nitrogen and oxygen atoms in total. The summed E-state index contributed by atoms with van der Waals surface area (Å²) in [7, 11) is -2.98. The second-order valence-electron chi connectivity index (χ2n) is 4.79. The predicted molar refractivity (Wildman–Crippen MR) is 63.8 cm³/mol. The Morgan fingerprint density at radius 2 is 1.88 bits per heavy atom. The van der Waals surface area contributed by atoms with E-state index in [0.717, 1.165) is 25.9 Å². The minimum atomic E-state index is -2.98. The zero-order chi connectivity index (χ0) is 11.6. The van der Waals surface area contributed by atoms with Gasteiger partial charge in [0.05, 0.1) is 6.26 Å². The van der Waals surface area contributed by atoms with Crippen molar-refractivity contribution in [1.82, 2.24) is 14.9 Å². The lowest BCUT2D eigenvalue weighted by Crippen LogP contribution is -2.48. The molecule has 2 aliphatic rings. The number of sulfonamides is 1. The molecule has 1 atom stereocenters. The minimum Gasteiger partial charge on any atom is -0.315 e. The van der Waals surface area contributed by atoms with Crippen LogP contribution in [0.25, 0.3) is 0 Å². The maximum Gasteiger partial charge on any atom is 0.211 e. The smallest absolute Gasteiger partial charge is 0.211 e. The summed E-state index contributed by atoms with van der Waals surface area (Å²) in [4.78, 5) is 0. The summed E-state index contributed by atoms with van der Waals surface area (Å²) in [6, 6.07) is 1.07. The Bertz CT molecular complexity index is 317. The molecule has 6 heteroatoms. The van der Waals surface area contributed by atoms with Gasteiger partial charge in [0.2, 0.25) is 10.0 Å². The molecule has 0 spiro atoms. The van der Waals surface area contributed by atoms with Gasteiger partial charge in [0.1, 0.15) is 0 Å². The van der Waals surface area contributed by atoms with Gasteiger partial charge in [-0.15, -0.1) is 0 Å². The van der Waals surface area contributed by atoms with E-state index in [0.29, 0.717) is 25.2 Å². The number of hydrogen-bond acceptors (Lipinski definition) is 4. The fraction of sp³-hybridized carbons (Fsp3) is 1.00.